The summed E-state index contributed by atoms with van der Waals surface area (Å²) in [6.45, 7) is 10.8. The summed E-state index contributed by atoms with van der Waals surface area (Å²) in [4.78, 5) is 12.8. The van der Waals surface area contributed by atoms with Gasteiger partial charge < -0.3 is 43.0 Å². The van der Waals surface area contributed by atoms with Gasteiger partial charge in [-0.2, -0.15) is 0 Å². The van der Waals surface area contributed by atoms with Gasteiger partial charge in [-0.3, -0.25) is 4.79 Å². The number of ketones is 1. The summed E-state index contributed by atoms with van der Waals surface area (Å²) >= 11 is 0. The Labute approximate surface area is 407 Å². The lowest BCUT2D eigenvalue weighted by Crippen LogP contribution is -2.31. The number of allylic oxidation sites excluding steroid dienone is 2. The monoisotopic (exact) mass is 939 g/mol. The Hall–Kier alpha value is -3.29. The number of benzene rings is 2. The van der Waals surface area contributed by atoms with E-state index in [-0.39, 0.29) is 79.0 Å². The van der Waals surface area contributed by atoms with Crippen LogP contribution in [0.3, 0.4) is 0 Å². The summed E-state index contributed by atoms with van der Waals surface area (Å²) in [5.74, 6) is 0.374. The molecule has 2 aromatic carbocycles. The van der Waals surface area contributed by atoms with Crippen molar-refractivity contribution in [3.8, 4) is 0 Å². The van der Waals surface area contributed by atoms with Gasteiger partial charge in [0.05, 0.1) is 30.5 Å². The normalized spacial score (nSPS) is 32.1. The van der Waals surface area contributed by atoms with Gasteiger partial charge in [0, 0.05) is 57.0 Å². The van der Waals surface area contributed by atoms with Gasteiger partial charge in [0.2, 0.25) is 0 Å². The first kappa shape index (κ1) is 52.5. The minimum Gasteiger partial charge on any atom is -0.393 e. The first-order valence-electron chi connectivity index (χ1n) is 26.4. The Balaban J connectivity index is 0.000000201. The van der Waals surface area contributed by atoms with Crippen LogP contribution in [-0.2, 0) is 55.5 Å². The van der Waals surface area contributed by atoms with Crippen LogP contribution >= 0.6 is 0 Å². The van der Waals surface area contributed by atoms with E-state index in [1.165, 1.54) is 11.1 Å². The average Bonchev–Trinajstić information content (AvgIpc) is 3.84. The molecule has 2 aliphatic carbocycles. The molecule has 6 aliphatic rings. The van der Waals surface area contributed by atoms with Crippen LogP contribution in [0, 0.1) is 23.7 Å². The van der Waals surface area contributed by atoms with Crippen LogP contribution in [0.15, 0.2) is 110 Å². The fraction of sp³-hybridized carbons (Fsp3) is 0.638. The van der Waals surface area contributed by atoms with Gasteiger partial charge in [-0.25, -0.2) is 0 Å². The van der Waals surface area contributed by atoms with Crippen molar-refractivity contribution in [3.63, 3.8) is 0 Å². The number of ether oxygens (including phenoxy) is 8. The molecule has 4 heterocycles. The van der Waals surface area contributed by atoms with Crippen molar-refractivity contribution < 1.29 is 47.8 Å². The largest absolute Gasteiger partial charge is 0.393 e. The summed E-state index contributed by atoms with van der Waals surface area (Å²) in [5.41, 5.74) is 2.61. The summed E-state index contributed by atoms with van der Waals surface area (Å²) < 4.78 is 48.9. The molecule has 4 saturated heterocycles. The van der Waals surface area contributed by atoms with Crippen molar-refractivity contribution in [2.24, 2.45) is 23.7 Å². The molecule has 0 aromatic heterocycles. The van der Waals surface area contributed by atoms with Gasteiger partial charge in [0.1, 0.15) is 5.78 Å². The highest BCUT2D eigenvalue weighted by atomic mass is 16.7. The predicted molar refractivity (Wildman–Crippen MR) is 265 cm³/mol. The molecule has 0 radical (unpaired) electrons. The highest BCUT2D eigenvalue weighted by Gasteiger charge is 2.44. The second-order valence-electron chi connectivity index (χ2n) is 19.6. The number of aliphatic hydroxyl groups excluding tert-OH is 1. The SMILES string of the molecule is C=CC[C@@H]1[C@@H](/C=C/[C@H](CCc2ccccc2)OC2CCCCO2)[C@H](OC2CCCCO2)C[C@@H]1O.C=CC[C@H]1C(=O)C[C@@H](OC2CCCCO2)[C@@H]1/C=C/[C@H](CCc1ccccc1)OC1CCCCO1. The third kappa shape index (κ3) is 16.9. The number of aryl methyl sites for hydroxylation is 2. The first-order valence-corrected chi connectivity index (χ1v) is 26.4. The van der Waals surface area contributed by atoms with Crippen LogP contribution in [0.2, 0.25) is 0 Å². The van der Waals surface area contributed by atoms with Crippen LogP contribution in [-0.4, -0.2) is 93.0 Å². The Kier molecular flexibility index (Phi) is 22.5. The zero-order chi connectivity index (χ0) is 47.2. The zero-order valence-electron chi connectivity index (χ0n) is 40.7. The number of rotatable bonds is 22. The molecule has 0 amide bonds. The number of aliphatic hydroxyl groups is 1. The topological polar surface area (TPSA) is 111 Å². The molecule has 10 nitrogen and oxygen atoms in total. The lowest BCUT2D eigenvalue weighted by Gasteiger charge is -2.30. The van der Waals surface area contributed by atoms with E-state index in [2.05, 4.69) is 92.1 Å². The van der Waals surface area contributed by atoms with Gasteiger partial charge in [0.25, 0.3) is 0 Å². The van der Waals surface area contributed by atoms with Crippen molar-refractivity contribution >= 4 is 5.78 Å². The quantitative estimate of drug-likeness (QED) is 0.115. The van der Waals surface area contributed by atoms with Gasteiger partial charge >= 0.3 is 0 Å². The molecule has 2 saturated carbocycles. The number of hydrogen-bond donors (Lipinski definition) is 1. The third-order valence-corrected chi connectivity index (χ3v) is 14.5. The van der Waals surface area contributed by atoms with E-state index >= 15 is 0 Å². The van der Waals surface area contributed by atoms with Crippen molar-refractivity contribution in [3.05, 3.63) is 121 Å². The molecule has 0 bridgehead atoms. The van der Waals surface area contributed by atoms with Crippen LogP contribution in [0.25, 0.3) is 0 Å². The highest BCUT2D eigenvalue weighted by Crippen LogP contribution is 2.40. The molecule has 4 aliphatic heterocycles. The molecule has 2 aromatic rings. The molecule has 10 heteroatoms. The average molecular weight is 939 g/mol. The zero-order valence-corrected chi connectivity index (χ0v) is 40.7. The number of carbonyl (C=O) groups is 1. The summed E-state index contributed by atoms with van der Waals surface area (Å²) in [6.07, 6.45) is 29.9. The maximum absolute atomic E-state index is 12.8. The molecule has 13 atom stereocenters. The molecule has 8 rings (SSSR count). The van der Waals surface area contributed by atoms with Crippen molar-refractivity contribution in [1.29, 1.82) is 0 Å². The minimum absolute atomic E-state index is 0.00567. The van der Waals surface area contributed by atoms with E-state index in [4.69, 9.17) is 37.9 Å². The maximum atomic E-state index is 12.8. The Bertz CT molecular complexity index is 1780. The Morgan fingerprint density at radius 2 is 1.04 bits per heavy atom. The van der Waals surface area contributed by atoms with E-state index in [0.717, 1.165) is 136 Å². The lowest BCUT2D eigenvalue weighted by atomic mass is 9.89. The van der Waals surface area contributed by atoms with E-state index in [0.29, 0.717) is 19.3 Å². The number of hydrogen-bond acceptors (Lipinski definition) is 10. The molecule has 6 fully saturated rings. The summed E-state index contributed by atoms with van der Waals surface area (Å²) in [5, 5.41) is 10.8. The molecule has 4 unspecified atom stereocenters. The van der Waals surface area contributed by atoms with Crippen molar-refractivity contribution in [2.45, 2.75) is 184 Å². The lowest BCUT2D eigenvalue weighted by molar-refractivity contribution is -0.193. The van der Waals surface area contributed by atoms with Crippen LogP contribution in [0.4, 0.5) is 0 Å². The van der Waals surface area contributed by atoms with Gasteiger partial charge in [-0.15, -0.1) is 13.2 Å². The molecule has 374 valence electrons. The van der Waals surface area contributed by atoms with Crippen LogP contribution in [0.5, 0.6) is 0 Å². The second kappa shape index (κ2) is 29.1. The Morgan fingerprint density at radius 3 is 1.50 bits per heavy atom. The fourth-order valence-corrected chi connectivity index (χ4v) is 10.7. The predicted octanol–water partition coefficient (Wildman–Crippen LogP) is 11.4. The molecule has 1 N–H and O–H groups in total. The van der Waals surface area contributed by atoms with Gasteiger partial charge in [-0.1, -0.05) is 97.1 Å². The van der Waals surface area contributed by atoms with Gasteiger partial charge in [-0.05, 0) is 133 Å². The maximum Gasteiger partial charge on any atom is 0.158 e. The minimum atomic E-state index is -0.397. The fourth-order valence-electron chi connectivity index (χ4n) is 10.7. The smallest absolute Gasteiger partial charge is 0.158 e. The van der Waals surface area contributed by atoms with E-state index < -0.39 is 6.10 Å². The van der Waals surface area contributed by atoms with E-state index in [1.54, 1.807) is 0 Å². The number of Topliss-reactive ketones (excluding diaryl/α,β-unsaturated/α-hetero) is 1. The number of carbonyl (C=O) groups excluding carboxylic acids is 1. The van der Waals surface area contributed by atoms with E-state index in [9.17, 15) is 9.90 Å². The first-order chi connectivity index (χ1) is 33.4. The summed E-state index contributed by atoms with van der Waals surface area (Å²) in [6, 6.07) is 21.0. The molecule has 0 spiro atoms. The van der Waals surface area contributed by atoms with Crippen LogP contribution in [0.1, 0.15) is 127 Å². The second-order valence-corrected chi connectivity index (χ2v) is 19.6. The Morgan fingerprint density at radius 1 is 0.588 bits per heavy atom. The molecule has 68 heavy (non-hydrogen) atoms. The standard InChI is InChI=1S/C29H42O5.C29H40O5/c2*1-2-10-24-25(27(21-26(24)30)34-29-14-7-9-20-32-29)18-17-23(33-28-13-6-8-19-31-28)16-15-22-11-4-3-5-12-22/h2-5,11-12,17-18,23-30H,1,6-10,13-16,19-21H2;2-5,11-12,17-18,23-25,27-29H,1,6-10,13-16,19-21H2/b2*18-17+/t23-,24+,25+,26-,27+,28?,29?;23-,24+,25+,27+,28?,29?/m00/s1. The van der Waals surface area contributed by atoms with Crippen molar-refractivity contribution in [1.82, 2.24) is 0 Å². The highest BCUT2D eigenvalue weighted by molar-refractivity contribution is 5.85. The van der Waals surface area contributed by atoms with Gasteiger partial charge in [0.15, 0.2) is 25.2 Å². The molecular weight excluding hydrogens is 857 g/mol. The van der Waals surface area contributed by atoms with Crippen LogP contribution < -0.4 is 0 Å². The summed E-state index contributed by atoms with van der Waals surface area (Å²) in [7, 11) is 0. The van der Waals surface area contributed by atoms with Crippen molar-refractivity contribution in [2.75, 3.05) is 26.4 Å². The third-order valence-electron chi connectivity index (χ3n) is 14.5. The van der Waals surface area contributed by atoms with E-state index in [1.807, 2.05) is 18.2 Å². The molecular formula is C58H82O10.